The molecule has 0 saturated heterocycles. The molecule has 0 spiro atoms. The molecule has 0 saturated carbocycles. The van der Waals surface area contributed by atoms with E-state index in [2.05, 4.69) is 20.6 Å². The third-order valence-electron chi connectivity index (χ3n) is 4.40. The molecule has 1 aliphatic heterocycles. The highest BCUT2D eigenvalue weighted by molar-refractivity contribution is 5.74. The van der Waals surface area contributed by atoms with Crippen LogP contribution in [0.3, 0.4) is 0 Å². The van der Waals surface area contributed by atoms with Gasteiger partial charge in [0.25, 0.3) is 0 Å². The van der Waals surface area contributed by atoms with Crippen molar-refractivity contribution in [3.8, 4) is 17.2 Å². The molecular weight excluding hydrogens is 358 g/mol. The van der Waals surface area contributed by atoms with Crippen molar-refractivity contribution in [1.29, 1.82) is 0 Å². The summed E-state index contributed by atoms with van der Waals surface area (Å²) < 4.78 is 15.9. The first kappa shape index (κ1) is 17.7. The molecule has 0 atom stereocenters. The molecule has 8 nitrogen and oxygen atoms in total. The molecule has 4 N–H and O–H groups in total. The molecule has 1 aliphatic rings. The van der Waals surface area contributed by atoms with Crippen LogP contribution < -0.4 is 30.6 Å². The van der Waals surface area contributed by atoms with E-state index < -0.39 is 0 Å². The maximum absolute atomic E-state index is 6.23. The Labute approximate surface area is 162 Å². The maximum Gasteiger partial charge on any atom is 0.231 e. The van der Waals surface area contributed by atoms with E-state index in [9.17, 15) is 0 Å². The second-order valence-electron chi connectivity index (χ2n) is 6.23. The minimum absolute atomic E-state index is 0.258. The quantitative estimate of drug-likeness (QED) is 0.576. The van der Waals surface area contributed by atoms with E-state index >= 15 is 0 Å². The molecule has 144 valence electrons. The Hall–Kier alpha value is -3.68. The molecule has 0 aliphatic carbocycles. The molecule has 0 fully saturated rings. The number of methoxy groups -OCH3 is 1. The fraction of sp³-hybridized carbons (Fsp3) is 0.200. The highest BCUT2D eigenvalue weighted by Crippen LogP contribution is 2.33. The molecule has 4 rings (SSSR count). The summed E-state index contributed by atoms with van der Waals surface area (Å²) in [5.74, 6) is 3.48. The Morgan fingerprint density at radius 3 is 2.29 bits per heavy atom. The fourth-order valence-corrected chi connectivity index (χ4v) is 2.84. The van der Waals surface area contributed by atoms with Gasteiger partial charge < -0.3 is 30.6 Å². The lowest BCUT2D eigenvalue weighted by molar-refractivity contribution is 0.174. The number of nitrogens with one attached hydrogen (secondary N) is 2. The number of benzene rings is 2. The Kier molecular flexibility index (Phi) is 5.01. The van der Waals surface area contributed by atoms with Gasteiger partial charge in [-0.25, -0.2) is 9.97 Å². The normalized spacial score (nSPS) is 11.9. The predicted molar refractivity (Wildman–Crippen MR) is 107 cm³/mol. The summed E-state index contributed by atoms with van der Waals surface area (Å²) in [5.41, 5.74) is 8.83. The number of ether oxygens (including phenoxy) is 3. The van der Waals surface area contributed by atoms with Crippen LogP contribution >= 0.6 is 0 Å². The molecule has 0 amide bonds. The summed E-state index contributed by atoms with van der Waals surface area (Å²) in [4.78, 5) is 8.49. The van der Waals surface area contributed by atoms with E-state index in [1.165, 1.54) is 6.33 Å². The van der Waals surface area contributed by atoms with Gasteiger partial charge in [0.2, 0.25) is 6.79 Å². The average Bonchev–Trinajstić information content (AvgIpc) is 3.20. The summed E-state index contributed by atoms with van der Waals surface area (Å²) >= 11 is 0. The number of hydrogen-bond donors (Lipinski definition) is 3. The summed E-state index contributed by atoms with van der Waals surface area (Å²) in [6.07, 6.45) is 1.48. The Balaban J connectivity index is 1.40. The molecule has 0 unspecified atom stereocenters. The first-order chi connectivity index (χ1) is 13.7. The van der Waals surface area contributed by atoms with Gasteiger partial charge in [0.05, 0.1) is 7.11 Å². The average molecular weight is 379 g/mol. The lowest BCUT2D eigenvalue weighted by Crippen LogP contribution is -2.10. The highest BCUT2D eigenvalue weighted by atomic mass is 16.7. The van der Waals surface area contributed by atoms with E-state index in [-0.39, 0.29) is 6.79 Å². The standard InChI is InChI=1S/C20H21N5O3/c1-26-15-5-2-13(3-6-15)9-22-19-18(21)20(25-11-24-19)23-10-14-4-7-16-17(8-14)28-12-27-16/h2-8,11H,9-10,12,21H2,1H3,(H2,22,23,24,25). The molecule has 0 bridgehead atoms. The molecule has 8 heteroatoms. The zero-order chi connectivity index (χ0) is 19.3. The monoisotopic (exact) mass is 379 g/mol. The molecule has 0 radical (unpaired) electrons. The fourth-order valence-electron chi connectivity index (χ4n) is 2.84. The van der Waals surface area contributed by atoms with Crippen LogP contribution in [0, 0.1) is 0 Å². The van der Waals surface area contributed by atoms with Crippen molar-refractivity contribution in [1.82, 2.24) is 9.97 Å². The van der Waals surface area contributed by atoms with E-state index in [0.717, 1.165) is 28.4 Å². The zero-order valence-electron chi connectivity index (χ0n) is 15.4. The maximum atomic E-state index is 6.23. The molecule has 1 aromatic heterocycles. The summed E-state index contributed by atoms with van der Waals surface area (Å²) in [6, 6.07) is 13.6. The number of nitrogen functional groups attached to an aromatic ring is 1. The van der Waals surface area contributed by atoms with Crippen LogP contribution in [0.15, 0.2) is 48.8 Å². The number of rotatable bonds is 7. The first-order valence-corrected chi connectivity index (χ1v) is 8.82. The van der Waals surface area contributed by atoms with Crippen molar-refractivity contribution in [3.05, 3.63) is 59.9 Å². The topological polar surface area (TPSA) is 104 Å². The minimum Gasteiger partial charge on any atom is -0.497 e. The van der Waals surface area contributed by atoms with E-state index in [0.29, 0.717) is 30.4 Å². The molecule has 2 heterocycles. The summed E-state index contributed by atoms with van der Waals surface area (Å²) in [6.45, 7) is 1.40. The van der Waals surface area contributed by atoms with Gasteiger partial charge in [0.1, 0.15) is 17.8 Å². The Morgan fingerprint density at radius 2 is 1.57 bits per heavy atom. The second kappa shape index (κ2) is 7.91. The molecule has 3 aromatic rings. The second-order valence-corrected chi connectivity index (χ2v) is 6.23. The smallest absolute Gasteiger partial charge is 0.231 e. The zero-order valence-corrected chi connectivity index (χ0v) is 15.4. The van der Waals surface area contributed by atoms with Gasteiger partial charge >= 0.3 is 0 Å². The van der Waals surface area contributed by atoms with Crippen molar-refractivity contribution in [2.75, 3.05) is 30.3 Å². The van der Waals surface area contributed by atoms with Crippen LogP contribution in [0.2, 0.25) is 0 Å². The van der Waals surface area contributed by atoms with Crippen molar-refractivity contribution < 1.29 is 14.2 Å². The van der Waals surface area contributed by atoms with Crippen LogP contribution in [-0.4, -0.2) is 23.9 Å². The van der Waals surface area contributed by atoms with Crippen molar-refractivity contribution >= 4 is 17.3 Å². The summed E-state index contributed by atoms with van der Waals surface area (Å²) in [5, 5.41) is 6.49. The Morgan fingerprint density at radius 1 is 0.929 bits per heavy atom. The SMILES string of the molecule is COc1ccc(CNc2ncnc(NCc3ccc4c(c3)OCO4)c2N)cc1. The van der Waals surface area contributed by atoms with Crippen molar-refractivity contribution in [3.63, 3.8) is 0 Å². The lowest BCUT2D eigenvalue weighted by Gasteiger charge is -2.13. The van der Waals surface area contributed by atoms with Crippen LogP contribution in [-0.2, 0) is 13.1 Å². The number of nitrogens with zero attached hydrogens (tertiary/aromatic N) is 2. The van der Waals surface area contributed by atoms with Gasteiger partial charge in [0.15, 0.2) is 23.1 Å². The number of anilines is 3. The van der Waals surface area contributed by atoms with Crippen molar-refractivity contribution in [2.24, 2.45) is 0 Å². The lowest BCUT2D eigenvalue weighted by atomic mass is 10.2. The number of fused-ring (bicyclic) bond motifs is 1. The summed E-state index contributed by atoms with van der Waals surface area (Å²) in [7, 11) is 1.65. The van der Waals surface area contributed by atoms with Crippen LogP contribution in [0.5, 0.6) is 17.2 Å². The number of aromatic nitrogens is 2. The van der Waals surface area contributed by atoms with Crippen molar-refractivity contribution in [2.45, 2.75) is 13.1 Å². The van der Waals surface area contributed by atoms with Crippen LogP contribution in [0.4, 0.5) is 17.3 Å². The molecule has 2 aromatic carbocycles. The molecule has 28 heavy (non-hydrogen) atoms. The predicted octanol–water partition coefficient (Wildman–Crippen LogP) is 3.02. The highest BCUT2D eigenvalue weighted by Gasteiger charge is 2.14. The van der Waals surface area contributed by atoms with Gasteiger partial charge in [-0.15, -0.1) is 0 Å². The first-order valence-electron chi connectivity index (χ1n) is 8.82. The van der Waals surface area contributed by atoms with E-state index in [1.807, 2.05) is 42.5 Å². The minimum atomic E-state index is 0.258. The van der Waals surface area contributed by atoms with Gasteiger partial charge in [-0.2, -0.15) is 0 Å². The number of hydrogen-bond acceptors (Lipinski definition) is 8. The van der Waals surface area contributed by atoms with E-state index in [1.54, 1.807) is 7.11 Å². The number of nitrogens with two attached hydrogens (primary N) is 1. The Bertz CT molecular complexity index is 963. The third kappa shape index (κ3) is 3.85. The van der Waals surface area contributed by atoms with Gasteiger partial charge in [-0.05, 0) is 35.4 Å². The third-order valence-corrected chi connectivity index (χ3v) is 4.40. The van der Waals surface area contributed by atoms with Crippen LogP contribution in [0.25, 0.3) is 0 Å². The molecular formula is C20H21N5O3. The largest absolute Gasteiger partial charge is 0.497 e. The van der Waals surface area contributed by atoms with Gasteiger partial charge in [-0.3, -0.25) is 0 Å². The van der Waals surface area contributed by atoms with E-state index in [4.69, 9.17) is 19.9 Å². The van der Waals surface area contributed by atoms with Crippen LogP contribution in [0.1, 0.15) is 11.1 Å². The van der Waals surface area contributed by atoms with Gasteiger partial charge in [0, 0.05) is 13.1 Å². The van der Waals surface area contributed by atoms with Gasteiger partial charge in [-0.1, -0.05) is 18.2 Å².